The van der Waals surface area contributed by atoms with Gasteiger partial charge in [-0.25, -0.2) is 14.8 Å². The summed E-state index contributed by atoms with van der Waals surface area (Å²) in [6.45, 7) is 6.47. The van der Waals surface area contributed by atoms with Crippen LogP contribution in [0.3, 0.4) is 0 Å². The molecule has 4 rings (SSSR count). The van der Waals surface area contributed by atoms with Gasteiger partial charge in [0.2, 0.25) is 0 Å². The van der Waals surface area contributed by atoms with E-state index >= 15 is 0 Å². The van der Waals surface area contributed by atoms with E-state index in [1.165, 1.54) is 11.3 Å². The molecular weight excluding hydrogens is 500 g/mol. The van der Waals surface area contributed by atoms with Gasteiger partial charge in [-0.1, -0.05) is 35.6 Å². The Morgan fingerprint density at radius 3 is 2.55 bits per heavy atom. The second kappa shape index (κ2) is 10.3. The quantitative estimate of drug-likeness (QED) is 0.272. The highest BCUT2D eigenvalue weighted by Gasteiger charge is 2.14. The second-order valence-corrected chi connectivity index (χ2v) is 10.0. The van der Waals surface area contributed by atoms with Crippen LogP contribution in [0.15, 0.2) is 64.7 Å². The molecule has 2 heterocycles. The number of hydrogen-bond donors (Lipinski definition) is 0. The molecule has 0 aliphatic heterocycles. The smallest absolute Gasteiger partial charge is 0.399 e. The van der Waals surface area contributed by atoms with Gasteiger partial charge in [0.25, 0.3) is 0 Å². The average molecular weight is 525 g/mol. The number of amides is 1. The molecule has 6 nitrogen and oxygen atoms in total. The third-order valence-corrected chi connectivity index (χ3v) is 6.91. The number of nitrogens with zero attached hydrogens (tertiary/aromatic N) is 4. The van der Waals surface area contributed by atoms with Gasteiger partial charge in [-0.05, 0) is 76.8 Å². The van der Waals surface area contributed by atoms with Crippen LogP contribution >= 0.6 is 27.3 Å². The van der Waals surface area contributed by atoms with Crippen LogP contribution in [-0.4, -0.2) is 41.1 Å². The zero-order chi connectivity index (χ0) is 23.4. The fourth-order valence-corrected chi connectivity index (χ4v) is 4.89. The summed E-state index contributed by atoms with van der Waals surface area (Å²) in [5, 5.41) is 1.60. The van der Waals surface area contributed by atoms with Crippen LogP contribution in [0.2, 0.25) is 0 Å². The fraction of sp³-hybridized carbons (Fsp3) is 0.240. The summed E-state index contributed by atoms with van der Waals surface area (Å²) in [6.07, 6.45) is 1.24. The molecule has 0 N–H and O–H groups in total. The molecule has 0 atom stereocenters. The molecule has 8 heteroatoms. The Balaban J connectivity index is 1.57. The number of ether oxygens (including phenoxy) is 1. The van der Waals surface area contributed by atoms with Crippen molar-refractivity contribution in [2.45, 2.75) is 20.4 Å². The van der Waals surface area contributed by atoms with Crippen LogP contribution in [0.5, 0.6) is 5.06 Å². The summed E-state index contributed by atoms with van der Waals surface area (Å²) < 4.78 is 6.37. The maximum Gasteiger partial charge on any atom is 0.416 e. The number of benzene rings is 2. The summed E-state index contributed by atoms with van der Waals surface area (Å²) in [4.78, 5) is 25.3. The van der Waals surface area contributed by atoms with E-state index in [0.29, 0.717) is 11.6 Å². The van der Waals surface area contributed by atoms with E-state index in [2.05, 4.69) is 68.9 Å². The lowest BCUT2D eigenvalue weighted by molar-refractivity contribution is 0.162. The molecule has 0 unspecified atom stereocenters. The summed E-state index contributed by atoms with van der Waals surface area (Å²) in [5.74, 6) is 0.950. The summed E-state index contributed by atoms with van der Waals surface area (Å²) in [6, 6.07) is 18.1. The molecule has 0 radical (unpaired) electrons. The van der Waals surface area contributed by atoms with E-state index in [9.17, 15) is 4.79 Å². The normalized spacial score (nSPS) is 10.9. The lowest BCUT2D eigenvalue weighted by Crippen LogP contribution is -2.28. The molecule has 2 aromatic heterocycles. The van der Waals surface area contributed by atoms with Crippen molar-refractivity contribution in [3.63, 3.8) is 0 Å². The van der Waals surface area contributed by atoms with E-state index in [-0.39, 0.29) is 6.09 Å². The fourth-order valence-electron chi connectivity index (χ4n) is 3.70. The van der Waals surface area contributed by atoms with Crippen molar-refractivity contribution in [1.82, 2.24) is 14.9 Å². The van der Waals surface area contributed by atoms with Crippen molar-refractivity contribution in [1.29, 1.82) is 0 Å². The Labute approximate surface area is 206 Å². The zero-order valence-electron chi connectivity index (χ0n) is 18.8. The molecule has 0 aliphatic rings. The average Bonchev–Trinajstić information content (AvgIpc) is 3.24. The Hall–Kier alpha value is -2.97. The van der Waals surface area contributed by atoms with Crippen LogP contribution < -0.4 is 9.64 Å². The van der Waals surface area contributed by atoms with Gasteiger partial charge in [-0.2, -0.15) is 0 Å². The minimum atomic E-state index is -0.388. The third-order valence-electron chi connectivity index (χ3n) is 5.41. The van der Waals surface area contributed by atoms with Gasteiger partial charge in [0.15, 0.2) is 5.06 Å². The maximum atomic E-state index is 12.5. The highest BCUT2D eigenvalue weighted by molar-refractivity contribution is 9.11. The van der Waals surface area contributed by atoms with Gasteiger partial charge in [0.1, 0.15) is 12.1 Å². The lowest BCUT2D eigenvalue weighted by atomic mass is 10.0. The molecule has 4 aromatic rings. The molecule has 0 aliphatic carbocycles. The number of anilines is 1. The summed E-state index contributed by atoms with van der Waals surface area (Å²) >= 11 is 4.76. The number of rotatable bonds is 7. The maximum absolute atomic E-state index is 12.5. The number of carbonyl (C=O) groups is 1. The van der Waals surface area contributed by atoms with Crippen molar-refractivity contribution in [3.05, 3.63) is 70.3 Å². The summed E-state index contributed by atoms with van der Waals surface area (Å²) in [7, 11) is 1.74. The van der Waals surface area contributed by atoms with Gasteiger partial charge in [0, 0.05) is 32.1 Å². The monoisotopic (exact) mass is 524 g/mol. The Morgan fingerprint density at radius 1 is 1.03 bits per heavy atom. The standard InChI is InChI=1S/C25H25BrN4O2S/c1-4-30(5-2)24-20-14-19(9-10-21(20)27-16-28-24)18-8-6-7-17(13-18)15-29(3)25(31)32-23-12-11-22(26)33-23/h6-14,16H,4-5,15H2,1-3H3. The highest BCUT2D eigenvalue weighted by Crippen LogP contribution is 2.30. The van der Waals surface area contributed by atoms with Crippen molar-refractivity contribution in [2.75, 3.05) is 25.0 Å². The van der Waals surface area contributed by atoms with Gasteiger partial charge >= 0.3 is 6.09 Å². The predicted octanol–water partition coefficient (Wildman–Crippen LogP) is 6.60. The number of thiophene rings is 1. The number of halogens is 1. The van der Waals surface area contributed by atoms with Crippen molar-refractivity contribution in [3.8, 4) is 16.2 Å². The van der Waals surface area contributed by atoms with Gasteiger partial charge < -0.3 is 14.5 Å². The minimum absolute atomic E-state index is 0.388. The van der Waals surface area contributed by atoms with Crippen LogP contribution in [0, 0.1) is 0 Å². The molecule has 2 aromatic carbocycles. The van der Waals surface area contributed by atoms with E-state index in [1.54, 1.807) is 24.3 Å². The highest BCUT2D eigenvalue weighted by atomic mass is 79.9. The lowest BCUT2D eigenvalue weighted by Gasteiger charge is -2.21. The van der Waals surface area contributed by atoms with Crippen molar-refractivity contribution >= 4 is 50.1 Å². The molecule has 170 valence electrons. The van der Waals surface area contributed by atoms with Gasteiger partial charge in [-0.15, -0.1) is 0 Å². The van der Waals surface area contributed by atoms with Crippen LogP contribution in [0.4, 0.5) is 10.6 Å². The number of aromatic nitrogens is 2. The summed E-state index contributed by atoms with van der Waals surface area (Å²) in [5.41, 5.74) is 4.11. The van der Waals surface area contributed by atoms with Crippen LogP contribution in [0.1, 0.15) is 19.4 Å². The minimum Gasteiger partial charge on any atom is -0.399 e. The van der Waals surface area contributed by atoms with Gasteiger partial charge in [0.05, 0.1) is 9.30 Å². The first-order valence-corrected chi connectivity index (χ1v) is 12.4. The van der Waals surface area contributed by atoms with Crippen molar-refractivity contribution < 1.29 is 9.53 Å². The topological polar surface area (TPSA) is 58.6 Å². The predicted molar refractivity (Wildman–Crippen MR) is 138 cm³/mol. The Bertz CT molecular complexity index is 1270. The van der Waals surface area contributed by atoms with Crippen LogP contribution in [0.25, 0.3) is 22.0 Å². The third kappa shape index (κ3) is 5.34. The van der Waals surface area contributed by atoms with Gasteiger partial charge in [-0.3, -0.25) is 0 Å². The van der Waals surface area contributed by atoms with E-state index in [0.717, 1.165) is 50.3 Å². The molecule has 0 spiro atoms. The largest absolute Gasteiger partial charge is 0.416 e. The molecule has 33 heavy (non-hydrogen) atoms. The molecule has 0 bridgehead atoms. The SMILES string of the molecule is CCN(CC)c1ncnc2ccc(-c3cccc(CN(C)C(=O)Oc4ccc(Br)s4)c3)cc12. The number of fused-ring (bicyclic) bond motifs is 1. The van der Waals surface area contributed by atoms with Crippen LogP contribution in [-0.2, 0) is 6.54 Å². The molecule has 0 fully saturated rings. The second-order valence-electron chi connectivity index (χ2n) is 7.58. The van der Waals surface area contributed by atoms with E-state index < -0.39 is 0 Å². The Morgan fingerprint density at radius 2 is 1.82 bits per heavy atom. The zero-order valence-corrected chi connectivity index (χ0v) is 21.2. The Kier molecular flexibility index (Phi) is 7.25. The first-order valence-electron chi connectivity index (χ1n) is 10.8. The molecule has 0 saturated heterocycles. The van der Waals surface area contributed by atoms with Crippen molar-refractivity contribution in [2.24, 2.45) is 0 Å². The first-order chi connectivity index (χ1) is 16.0. The number of hydrogen-bond acceptors (Lipinski definition) is 6. The number of carbonyl (C=O) groups excluding carboxylic acids is 1. The first kappa shape index (κ1) is 23.2. The molecule has 1 amide bonds. The van der Waals surface area contributed by atoms with E-state index in [4.69, 9.17) is 4.74 Å². The molecule has 0 saturated carbocycles. The van der Waals surface area contributed by atoms with E-state index in [1.807, 2.05) is 24.3 Å². The molecular formula is C25H25BrN4O2S.